The van der Waals surface area contributed by atoms with E-state index in [-0.39, 0.29) is 18.2 Å². The van der Waals surface area contributed by atoms with Crippen molar-refractivity contribution in [1.29, 1.82) is 0 Å². The summed E-state index contributed by atoms with van der Waals surface area (Å²) in [4.78, 5) is 41.3. The maximum Gasteiger partial charge on any atom is 0.238 e. The fraction of sp³-hybridized carbons (Fsp3) is 0.222. The molecule has 9 heteroatoms. The maximum absolute atomic E-state index is 14.6. The number of carbonyl (C=O) groups is 3. The highest BCUT2D eigenvalue weighted by Crippen LogP contribution is 2.60. The number of amides is 3. The molecule has 0 bridgehead atoms. The lowest BCUT2D eigenvalue weighted by atomic mass is 9.58. The molecule has 3 atom stereocenters. The zero-order chi connectivity index (χ0) is 25.8. The lowest BCUT2D eigenvalue weighted by Crippen LogP contribution is -2.59. The standard InChI is InChI=1S/C27H22Cl2FN3O3/c1-14-5-7-18(30)11-19(14)21-12-24(35)33(13-23(31)34)25(15-3-2-4-16(28)9-15)27(21)20-8-6-17(29)10-22(20)32-26(27)36/h2-11,21,25H,12-13H2,1H3,(H2,31,34)(H,32,36)/t21-,25+,27-/m1/s1. The van der Waals surface area contributed by atoms with Crippen molar-refractivity contribution in [2.24, 2.45) is 5.73 Å². The van der Waals surface area contributed by atoms with E-state index in [2.05, 4.69) is 5.32 Å². The molecule has 0 saturated carbocycles. The number of halogens is 3. The second kappa shape index (κ2) is 8.91. The number of carbonyl (C=O) groups excluding carboxylic acids is 3. The number of aryl methyl sites for hydroxylation is 1. The van der Waals surface area contributed by atoms with Crippen LogP contribution in [0.15, 0.2) is 60.7 Å². The van der Waals surface area contributed by atoms with Gasteiger partial charge in [-0.25, -0.2) is 4.39 Å². The highest BCUT2D eigenvalue weighted by atomic mass is 35.5. The monoisotopic (exact) mass is 525 g/mol. The van der Waals surface area contributed by atoms with Crippen LogP contribution in [0.3, 0.4) is 0 Å². The van der Waals surface area contributed by atoms with Gasteiger partial charge in [0.25, 0.3) is 0 Å². The summed E-state index contributed by atoms with van der Waals surface area (Å²) in [6.45, 7) is 1.41. The Morgan fingerprint density at radius 1 is 1.11 bits per heavy atom. The van der Waals surface area contributed by atoms with Gasteiger partial charge in [0.2, 0.25) is 17.7 Å². The van der Waals surface area contributed by atoms with Crippen LogP contribution in [0.25, 0.3) is 0 Å². The van der Waals surface area contributed by atoms with Crippen molar-refractivity contribution < 1.29 is 18.8 Å². The third kappa shape index (κ3) is 3.74. The molecule has 3 N–H and O–H groups in total. The van der Waals surface area contributed by atoms with E-state index in [1.807, 2.05) is 6.92 Å². The molecule has 0 radical (unpaired) electrons. The first kappa shape index (κ1) is 24.3. The first-order chi connectivity index (χ1) is 17.1. The highest BCUT2D eigenvalue weighted by Gasteiger charge is 2.63. The normalized spacial score (nSPS) is 23.1. The summed E-state index contributed by atoms with van der Waals surface area (Å²) in [5.41, 5.74) is 7.04. The number of fused-ring (bicyclic) bond motifs is 2. The Morgan fingerprint density at radius 2 is 1.86 bits per heavy atom. The predicted molar refractivity (Wildman–Crippen MR) is 135 cm³/mol. The number of anilines is 1. The zero-order valence-electron chi connectivity index (χ0n) is 19.2. The van der Waals surface area contributed by atoms with E-state index < -0.39 is 35.6 Å². The summed E-state index contributed by atoms with van der Waals surface area (Å²) in [5.74, 6) is -2.72. The number of likely N-dealkylation sites (tertiary alicyclic amines) is 1. The molecule has 3 aromatic rings. The van der Waals surface area contributed by atoms with E-state index >= 15 is 0 Å². The lowest BCUT2D eigenvalue weighted by molar-refractivity contribution is -0.148. The van der Waals surface area contributed by atoms with Crippen molar-refractivity contribution in [1.82, 2.24) is 4.90 Å². The second-order valence-electron chi connectivity index (χ2n) is 9.22. The average Bonchev–Trinajstić information content (AvgIpc) is 3.08. The van der Waals surface area contributed by atoms with Gasteiger partial charge >= 0.3 is 0 Å². The molecule has 3 aromatic carbocycles. The Morgan fingerprint density at radius 3 is 2.58 bits per heavy atom. The molecule has 2 aliphatic rings. The SMILES string of the molecule is Cc1ccc(F)cc1[C@H]1CC(=O)N(CC(N)=O)[C@@H](c2cccc(Cl)c2)[C@]12C(=O)Nc1cc(Cl)ccc12. The van der Waals surface area contributed by atoms with Gasteiger partial charge in [0, 0.05) is 28.1 Å². The van der Waals surface area contributed by atoms with Gasteiger partial charge < -0.3 is 16.0 Å². The largest absolute Gasteiger partial charge is 0.368 e. The quantitative estimate of drug-likeness (QED) is 0.508. The average molecular weight is 526 g/mol. The van der Waals surface area contributed by atoms with E-state index in [1.165, 1.54) is 17.0 Å². The van der Waals surface area contributed by atoms with Gasteiger partial charge in [0.15, 0.2) is 0 Å². The second-order valence-corrected chi connectivity index (χ2v) is 10.1. The third-order valence-electron chi connectivity index (χ3n) is 7.15. The summed E-state index contributed by atoms with van der Waals surface area (Å²) in [6.07, 6.45) is -0.135. The highest BCUT2D eigenvalue weighted by molar-refractivity contribution is 6.31. The minimum atomic E-state index is -1.42. The van der Waals surface area contributed by atoms with Crippen molar-refractivity contribution in [2.45, 2.75) is 30.7 Å². The van der Waals surface area contributed by atoms with E-state index in [4.69, 9.17) is 28.9 Å². The van der Waals surface area contributed by atoms with Crippen LogP contribution < -0.4 is 11.1 Å². The first-order valence-electron chi connectivity index (χ1n) is 11.3. The number of hydrogen-bond acceptors (Lipinski definition) is 3. The smallest absolute Gasteiger partial charge is 0.238 e. The molecule has 5 rings (SSSR count). The van der Waals surface area contributed by atoms with E-state index in [1.54, 1.807) is 48.5 Å². The molecule has 1 spiro atoms. The van der Waals surface area contributed by atoms with Gasteiger partial charge in [-0.1, -0.05) is 47.5 Å². The lowest BCUT2D eigenvalue weighted by Gasteiger charge is -2.51. The zero-order valence-corrected chi connectivity index (χ0v) is 20.7. The van der Waals surface area contributed by atoms with Gasteiger partial charge in [-0.3, -0.25) is 14.4 Å². The van der Waals surface area contributed by atoms with Crippen LogP contribution in [-0.4, -0.2) is 29.2 Å². The number of hydrogen-bond donors (Lipinski definition) is 2. The number of primary amides is 1. The van der Waals surface area contributed by atoms with Crippen molar-refractivity contribution in [3.63, 3.8) is 0 Å². The summed E-state index contributed by atoms with van der Waals surface area (Å²) in [7, 11) is 0. The molecule has 2 heterocycles. The van der Waals surface area contributed by atoms with Crippen molar-refractivity contribution >= 4 is 46.6 Å². The van der Waals surface area contributed by atoms with Crippen LogP contribution in [0.2, 0.25) is 10.0 Å². The number of nitrogens with zero attached hydrogens (tertiary/aromatic N) is 1. The Balaban J connectivity index is 1.88. The van der Waals surface area contributed by atoms with Crippen molar-refractivity contribution in [3.8, 4) is 0 Å². The van der Waals surface area contributed by atoms with E-state index in [0.29, 0.717) is 32.4 Å². The Labute approximate surface area is 217 Å². The summed E-state index contributed by atoms with van der Waals surface area (Å²) in [5, 5.41) is 3.75. The topological polar surface area (TPSA) is 92.5 Å². The fourth-order valence-electron chi connectivity index (χ4n) is 5.79. The number of benzene rings is 3. The summed E-state index contributed by atoms with van der Waals surface area (Å²) in [6, 6.07) is 15.2. The minimum Gasteiger partial charge on any atom is -0.368 e. The fourth-order valence-corrected chi connectivity index (χ4v) is 6.16. The van der Waals surface area contributed by atoms with E-state index in [0.717, 1.165) is 5.56 Å². The van der Waals surface area contributed by atoms with Crippen LogP contribution >= 0.6 is 23.2 Å². The molecule has 0 aromatic heterocycles. The molecular weight excluding hydrogens is 504 g/mol. The number of nitrogens with one attached hydrogen (secondary N) is 1. The molecule has 0 aliphatic carbocycles. The molecule has 2 aliphatic heterocycles. The minimum absolute atomic E-state index is 0.135. The van der Waals surface area contributed by atoms with Crippen molar-refractivity contribution in [3.05, 3.63) is 98.8 Å². The number of piperidine rings is 1. The maximum atomic E-state index is 14.6. The summed E-state index contributed by atoms with van der Waals surface area (Å²) < 4.78 is 14.6. The van der Waals surface area contributed by atoms with Crippen LogP contribution in [0.4, 0.5) is 10.1 Å². The first-order valence-corrected chi connectivity index (χ1v) is 12.1. The third-order valence-corrected chi connectivity index (χ3v) is 7.62. The molecule has 1 fully saturated rings. The van der Waals surface area contributed by atoms with Gasteiger partial charge in [-0.15, -0.1) is 0 Å². The predicted octanol–water partition coefficient (Wildman–Crippen LogP) is 4.87. The Hall–Kier alpha value is -3.42. The molecule has 6 nitrogen and oxygen atoms in total. The van der Waals surface area contributed by atoms with Gasteiger partial charge in [-0.05, 0) is 65.6 Å². The van der Waals surface area contributed by atoms with Gasteiger partial charge in [0.05, 0.1) is 12.6 Å². The Kier molecular flexibility index (Phi) is 6.01. The van der Waals surface area contributed by atoms with Crippen LogP contribution in [-0.2, 0) is 19.8 Å². The summed E-state index contributed by atoms with van der Waals surface area (Å²) >= 11 is 12.6. The molecule has 0 unspecified atom stereocenters. The number of nitrogens with two attached hydrogens (primary N) is 1. The molecular formula is C27H22Cl2FN3O3. The molecule has 1 saturated heterocycles. The van der Waals surface area contributed by atoms with Crippen LogP contribution in [0, 0.1) is 12.7 Å². The van der Waals surface area contributed by atoms with E-state index in [9.17, 15) is 18.8 Å². The molecule has 36 heavy (non-hydrogen) atoms. The molecule has 184 valence electrons. The van der Waals surface area contributed by atoms with Gasteiger partial charge in [0.1, 0.15) is 11.2 Å². The molecule has 3 amide bonds. The van der Waals surface area contributed by atoms with Crippen LogP contribution in [0.1, 0.15) is 40.6 Å². The van der Waals surface area contributed by atoms with Crippen LogP contribution in [0.5, 0.6) is 0 Å². The van der Waals surface area contributed by atoms with Crippen molar-refractivity contribution in [2.75, 3.05) is 11.9 Å². The number of rotatable bonds is 4. The van der Waals surface area contributed by atoms with Gasteiger partial charge in [-0.2, -0.15) is 0 Å². The Bertz CT molecular complexity index is 1430.